The summed E-state index contributed by atoms with van der Waals surface area (Å²) < 4.78 is 7.75. The molecule has 2 aliphatic heterocycles. The average Bonchev–Trinajstić information content (AvgIpc) is 3.05. The Morgan fingerprint density at radius 1 is 1.40 bits per heavy atom. The van der Waals surface area contributed by atoms with E-state index in [1.165, 1.54) is 5.57 Å². The van der Waals surface area contributed by atoms with Crippen molar-refractivity contribution in [1.82, 2.24) is 19.6 Å². The summed E-state index contributed by atoms with van der Waals surface area (Å²) in [6, 6.07) is 1.93. The maximum atomic E-state index is 8.36. The van der Waals surface area contributed by atoms with Crippen LogP contribution >= 0.6 is 0 Å². The largest absolute Gasteiger partial charge is 0.483 e. The third-order valence-corrected chi connectivity index (χ3v) is 4.64. The monoisotopic (exact) mass is 346 g/mol. The molecule has 0 amide bonds. The van der Waals surface area contributed by atoms with Crippen molar-refractivity contribution in [3.05, 3.63) is 24.0 Å². The number of hydrogen-bond donors (Lipinski definition) is 2. The molecule has 2 aromatic heterocycles. The summed E-state index contributed by atoms with van der Waals surface area (Å²) in [5, 5.41) is 14.8. The summed E-state index contributed by atoms with van der Waals surface area (Å²) in [6.07, 6.45) is 6.90. The van der Waals surface area contributed by atoms with E-state index in [9.17, 15) is 0 Å². The standard InChI is InChI=1S/C15H20N6O.CH2O2/c1-11-2-7-22-15(9-11)3-5-20(6-4-15)12-8-13-19-17-10-21(13)14(16)18-12;2-1-3/h8-10H,2-7H2,1H3,(H2,16,18);1H,(H,2,3). The summed E-state index contributed by atoms with van der Waals surface area (Å²) in [6.45, 7) is 4.58. The van der Waals surface area contributed by atoms with Gasteiger partial charge >= 0.3 is 0 Å². The van der Waals surface area contributed by atoms with Gasteiger partial charge in [-0.1, -0.05) is 11.6 Å². The van der Waals surface area contributed by atoms with Crippen molar-refractivity contribution < 1.29 is 14.6 Å². The van der Waals surface area contributed by atoms with E-state index in [2.05, 4.69) is 33.1 Å². The topological polar surface area (TPSA) is 119 Å². The van der Waals surface area contributed by atoms with E-state index in [0.717, 1.165) is 50.4 Å². The fourth-order valence-electron chi connectivity index (χ4n) is 3.38. The molecule has 0 aliphatic carbocycles. The highest BCUT2D eigenvalue weighted by molar-refractivity contribution is 5.55. The Bertz CT molecular complexity index is 779. The Labute approximate surface area is 145 Å². The molecule has 9 heteroatoms. The van der Waals surface area contributed by atoms with Gasteiger partial charge in [-0.15, -0.1) is 10.2 Å². The van der Waals surface area contributed by atoms with Gasteiger partial charge < -0.3 is 20.5 Å². The maximum absolute atomic E-state index is 8.36. The van der Waals surface area contributed by atoms with Gasteiger partial charge in [-0.2, -0.15) is 4.98 Å². The molecule has 1 spiro atoms. The second-order valence-corrected chi connectivity index (χ2v) is 6.28. The lowest BCUT2D eigenvalue weighted by Gasteiger charge is -2.42. The molecule has 0 saturated carbocycles. The lowest BCUT2D eigenvalue weighted by Crippen LogP contribution is -2.46. The number of rotatable bonds is 1. The van der Waals surface area contributed by atoms with Crippen LogP contribution in [-0.4, -0.2) is 56.5 Å². The number of aromatic nitrogens is 4. The van der Waals surface area contributed by atoms with Crippen LogP contribution in [0.1, 0.15) is 26.2 Å². The van der Waals surface area contributed by atoms with Gasteiger partial charge in [0.05, 0.1) is 12.2 Å². The molecule has 1 fully saturated rings. The van der Waals surface area contributed by atoms with Crippen molar-refractivity contribution >= 4 is 23.9 Å². The Balaban J connectivity index is 0.000000569. The first-order valence-electron chi connectivity index (χ1n) is 8.18. The van der Waals surface area contributed by atoms with E-state index in [-0.39, 0.29) is 12.1 Å². The number of carboxylic acid groups (broad SMARTS) is 1. The van der Waals surface area contributed by atoms with Crippen LogP contribution in [0.5, 0.6) is 0 Å². The zero-order valence-corrected chi connectivity index (χ0v) is 14.1. The molecular weight excluding hydrogens is 324 g/mol. The van der Waals surface area contributed by atoms with Crippen LogP contribution < -0.4 is 10.6 Å². The summed E-state index contributed by atoms with van der Waals surface area (Å²) in [7, 11) is 0. The third kappa shape index (κ3) is 3.55. The highest BCUT2D eigenvalue weighted by Gasteiger charge is 2.35. The molecule has 2 aromatic rings. The van der Waals surface area contributed by atoms with Crippen LogP contribution in [0.25, 0.3) is 5.65 Å². The molecule has 0 radical (unpaired) electrons. The lowest BCUT2D eigenvalue weighted by molar-refractivity contribution is -0.122. The number of fused-ring (bicyclic) bond motifs is 1. The molecule has 4 rings (SSSR count). The first kappa shape index (κ1) is 17.2. The molecule has 2 aliphatic rings. The minimum Gasteiger partial charge on any atom is -0.483 e. The van der Waals surface area contributed by atoms with Gasteiger partial charge in [-0.05, 0) is 26.2 Å². The van der Waals surface area contributed by atoms with Crippen molar-refractivity contribution in [2.75, 3.05) is 30.3 Å². The highest BCUT2D eigenvalue weighted by Crippen LogP contribution is 2.34. The first-order chi connectivity index (χ1) is 12.1. The van der Waals surface area contributed by atoms with E-state index < -0.39 is 0 Å². The van der Waals surface area contributed by atoms with E-state index in [1.807, 2.05) is 6.07 Å². The maximum Gasteiger partial charge on any atom is 0.290 e. The van der Waals surface area contributed by atoms with Crippen LogP contribution in [-0.2, 0) is 9.53 Å². The first-order valence-corrected chi connectivity index (χ1v) is 8.18. The number of ether oxygens (including phenoxy) is 1. The second kappa shape index (κ2) is 7.06. The molecule has 4 heterocycles. The number of nitrogens with two attached hydrogens (primary N) is 1. The van der Waals surface area contributed by atoms with Gasteiger partial charge in [0, 0.05) is 19.2 Å². The third-order valence-electron chi connectivity index (χ3n) is 4.64. The minimum atomic E-state index is -0.250. The number of nitrogen functional groups attached to an aromatic ring is 1. The molecule has 25 heavy (non-hydrogen) atoms. The van der Waals surface area contributed by atoms with E-state index in [1.54, 1.807) is 10.7 Å². The molecule has 1 saturated heterocycles. The molecule has 0 bridgehead atoms. The van der Waals surface area contributed by atoms with Crippen LogP contribution in [0.2, 0.25) is 0 Å². The Morgan fingerprint density at radius 2 is 2.12 bits per heavy atom. The zero-order valence-electron chi connectivity index (χ0n) is 14.1. The minimum absolute atomic E-state index is 0.0800. The van der Waals surface area contributed by atoms with Crippen molar-refractivity contribution in [1.29, 1.82) is 0 Å². The molecule has 0 atom stereocenters. The summed E-state index contributed by atoms with van der Waals surface area (Å²) in [4.78, 5) is 15.1. The lowest BCUT2D eigenvalue weighted by atomic mass is 9.87. The molecule has 0 aromatic carbocycles. The summed E-state index contributed by atoms with van der Waals surface area (Å²) in [5.41, 5.74) is 8.06. The van der Waals surface area contributed by atoms with Crippen molar-refractivity contribution in [3.8, 4) is 0 Å². The number of piperidine rings is 1. The SMILES string of the molecule is CC1=CC2(CCN(c3cc4nncn4c(N)n3)CC2)OCC1.O=CO. The number of nitrogens with zero attached hydrogens (tertiary/aromatic N) is 5. The highest BCUT2D eigenvalue weighted by atomic mass is 16.5. The van der Waals surface area contributed by atoms with E-state index in [4.69, 9.17) is 20.4 Å². The average molecular weight is 346 g/mol. The van der Waals surface area contributed by atoms with Crippen LogP contribution in [0.4, 0.5) is 11.8 Å². The van der Waals surface area contributed by atoms with Crippen molar-refractivity contribution in [2.45, 2.75) is 31.8 Å². The molecular formula is C16H22N6O3. The van der Waals surface area contributed by atoms with Crippen LogP contribution in [0.3, 0.4) is 0 Å². The van der Waals surface area contributed by atoms with Gasteiger partial charge in [-0.25, -0.2) is 0 Å². The predicted molar refractivity (Wildman–Crippen MR) is 92.4 cm³/mol. The second-order valence-electron chi connectivity index (χ2n) is 6.28. The van der Waals surface area contributed by atoms with Crippen molar-refractivity contribution in [3.63, 3.8) is 0 Å². The number of hydrogen-bond acceptors (Lipinski definition) is 7. The predicted octanol–water partition coefficient (Wildman–Crippen LogP) is 1.11. The normalized spacial score (nSPS) is 19.2. The van der Waals surface area contributed by atoms with Crippen molar-refractivity contribution in [2.24, 2.45) is 0 Å². The Hall–Kier alpha value is -2.68. The smallest absolute Gasteiger partial charge is 0.290 e. The van der Waals surface area contributed by atoms with Crippen LogP contribution in [0, 0.1) is 0 Å². The number of carbonyl (C=O) groups is 1. The van der Waals surface area contributed by atoms with Gasteiger partial charge in [0.25, 0.3) is 6.47 Å². The summed E-state index contributed by atoms with van der Waals surface area (Å²) in [5.74, 6) is 1.28. The van der Waals surface area contributed by atoms with E-state index in [0.29, 0.717) is 5.95 Å². The Kier molecular flexibility index (Phi) is 4.84. The molecule has 134 valence electrons. The van der Waals surface area contributed by atoms with Gasteiger partial charge in [0.15, 0.2) is 5.65 Å². The molecule has 9 nitrogen and oxygen atoms in total. The zero-order chi connectivity index (χ0) is 17.9. The quantitative estimate of drug-likeness (QED) is 0.582. The Morgan fingerprint density at radius 3 is 2.80 bits per heavy atom. The fourth-order valence-corrected chi connectivity index (χ4v) is 3.38. The summed E-state index contributed by atoms with van der Waals surface area (Å²) >= 11 is 0. The number of anilines is 2. The van der Waals surface area contributed by atoms with Gasteiger partial charge in [-0.3, -0.25) is 9.20 Å². The molecule has 0 unspecified atom stereocenters. The van der Waals surface area contributed by atoms with Gasteiger partial charge in [0.1, 0.15) is 12.1 Å². The van der Waals surface area contributed by atoms with E-state index >= 15 is 0 Å². The van der Waals surface area contributed by atoms with Crippen LogP contribution in [0.15, 0.2) is 24.0 Å². The van der Waals surface area contributed by atoms with Gasteiger partial charge in [0.2, 0.25) is 5.95 Å². The fraction of sp³-hybridized carbons (Fsp3) is 0.500. The molecule has 3 N–H and O–H groups in total.